The molecule has 0 aromatic heterocycles. The van der Waals surface area contributed by atoms with Crippen LogP contribution in [0.3, 0.4) is 0 Å². The van der Waals surface area contributed by atoms with Crippen molar-refractivity contribution in [1.82, 2.24) is 4.90 Å². The molecule has 21 heavy (non-hydrogen) atoms. The molecular weight excluding hydrogens is 262 g/mol. The SMILES string of the molecule is N#Cc1cccc(NC(=O)N2CCc3ccccc3C2)c1. The molecule has 1 aliphatic rings. The summed E-state index contributed by atoms with van der Waals surface area (Å²) in [4.78, 5) is 14.1. The van der Waals surface area contributed by atoms with Gasteiger partial charge in [-0.2, -0.15) is 5.26 Å². The number of carbonyl (C=O) groups excluding carboxylic acids is 1. The lowest BCUT2D eigenvalue weighted by Crippen LogP contribution is -2.38. The Labute approximate surface area is 123 Å². The van der Waals surface area contributed by atoms with Gasteiger partial charge in [-0.1, -0.05) is 30.3 Å². The Morgan fingerprint density at radius 3 is 2.76 bits per heavy atom. The molecular formula is C17H15N3O. The second kappa shape index (κ2) is 5.68. The van der Waals surface area contributed by atoms with Crippen LogP contribution in [-0.4, -0.2) is 17.5 Å². The molecule has 0 spiro atoms. The summed E-state index contributed by atoms with van der Waals surface area (Å²) in [7, 11) is 0. The summed E-state index contributed by atoms with van der Waals surface area (Å²) >= 11 is 0. The van der Waals surface area contributed by atoms with E-state index in [0.717, 1.165) is 6.42 Å². The average Bonchev–Trinajstić information content (AvgIpc) is 2.54. The van der Waals surface area contributed by atoms with Gasteiger partial charge >= 0.3 is 6.03 Å². The van der Waals surface area contributed by atoms with Crippen LogP contribution in [0.4, 0.5) is 10.5 Å². The van der Waals surface area contributed by atoms with Crippen molar-refractivity contribution in [3.8, 4) is 6.07 Å². The first kappa shape index (κ1) is 13.2. The number of benzene rings is 2. The van der Waals surface area contributed by atoms with Crippen LogP contribution < -0.4 is 5.32 Å². The van der Waals surface area contributed by atoms with Crippen molar-refractivity contribution < 1.29 is 4.79 Å². The Balaban J connectivity index is 1.71. The Kier molecular flexibility index (Phi) is 3.57. The molecule has 1 N–H and O–H groups in total. The van der Waals surface area contributed by atoms with E-state index in [1.165, 1.54) is 11.1 Å². The zero-order valence-corrected chi connectivity index (χ0v) is 11.5. The van der Waals surface area contributed by atoms with Gasteiger partial charge in [0.15, 0.2) is 0 Å². The highest BCUT2D eigenvalue weighted by Gasteiger charge is 2.20. The van der Waals surface area contributed by atoms with Gasteiger partial charge in [0.05, 0.1) is 11.6 Å². The van der Waals surface area contributed by atoms with Crippen LogP contribution >= 0.6 is 0 Å². The number of nitriles is 1. The fraction of sp³-hybridized carbons (Fsp3) is 0.176. The summed E-state index contributed by atoms with van der Waals surface area (Å²) in [6.07, 6.45) is 0.877. The number of anilines is 1. The predicted molar refractivity (Wildman–Crippen MR) is 80.7 cm³/mol. The van der Waals surface area contributed by atoms with Crippen molar-refractivity contribution in [2.24, 2.45) is 0 Å². The van der Waals surface area contributed by atoms with Crippen LogP contribution in [0.15, 0.2) is 48.5 Å². The molecule has 2 aromatic rings. The van der Waals surface area contributed by atoms with Gasteiger partial charge in [-0.3, -0.25) is 0 Å². The van der Waals surface area contributed by atoms with Gasteiger partial charge in [0, 0.05) is 18.8 Å². The van der Waals surface area contributed by atoms with Gasteiger partial charge in [0.25, 0.3) is 0 Å². The Hall–Kier alpha value is -2.80. The maximum atomic E-state index is 12.3. The number of rotatable bonds is 1. The highest BCUT2D eigenvalue weighted by atomic mass is 16.2. The van der Waals surface area contributed by atoms with Gasteiger partial charge in [-0.05, 0) is 35.7 Å². The number of nitrogens with one attached hydrogen (secondary N) is 1. The number of amides is 2. The minimum Gasteiger partial charge on any atom is -0.320 e. The quantitative estimate of drug-likeness (QED) is 0.870. The highest BCUT2D eigenvalue weighted by Crippen LogP contribution is 2.19. The molecule has 1 heterocycles. The second-order valence-electron chi connectivity index (χ2n) is 5.06. The lowest BCUT2D eigenvalue weighted by atomic mass is 10.0. The molecule has 2 amide bonds. The zero-order chi connectivity index (χ0) is 14.7. The van der Waals surface area contributed by atoms with Gasteiger partial charge in [0.1, 0.15) is 0 Å². The molecule has 4 heteroatoms. The molecule has 0 aliphatic carbocycles. The molecule has 0 fully saturated rings. The van der Waals surface area contributed by atoms with Gasteiger partial charge < -0.3 is 10.2 Å². The van der Waals surface area contributed by atoms with E-state index in [2.05, 4.69) is 23.5 Å². The zero-order valence-electron chi connectivity index (χ0n) is 11.5. The lowest BCUT2D eigenvalue weighted by Gasteiger charge is -2.29. The highest BCUT2D eigenvalue weighted by molar-refractivity contribution is 5.89. The number of hydrogen-bond acceptors (Lipinski definition) is 2. The van der Waals surface area contributed by atoms with E-state index in [4.69, 9.17) is 5.26 Å². The van der Waals surface area contributed by atoms with Crippen molar-refractivity contribution in [1.29, 1.82) is 5.26 Å². The normalized spacial score (nSPS) is 13.2. The third-order valence-electron chi connectivity index (χ3n) is 3.66. The van der Waals surface area contributed by atoms with Gasteiger partial charge in [0.2, 0.25) is 0 Å². The van der Waals surface area contributed by atoms with E-state index in [1.54, 1.807) is 29.2 Å². The first-order valence-corrected chi connectivity index (χ1v) is 6.89. The van der Waals surface area contributed by atoms with Gasteiger partial charge in [-0.25, -0.2) is 4.79 Å². The van der Waals surface area contributed by atoms with Crippen LogP contribution in [0.1, 0.15) is 16.7 Å². The standard InChI is InChI=1S/C17H15N3O/c18-11-13-4-3-7-16(10-13)19-17(21)20-9-8-14-5-1-2-6-15(14)12-20/h1-7,10H,8-9,12H2,(H,19,21). The fourth-order valence-corrected chi connectivity index (χ4v) is 2.54. The van der Waals surface area contributed by atoms with Crippen LogP contribution in [0.5, 0.6) is 0 Å². The summed E-state index contributed by atoms with van der Waals surface area (Å²) in [5.41, 5.74) is 3.70. The topological polar surface area (TPSA) is 56.1 Å². The number of fused-ring (bicyclic) bond motifs is 1. The molecule has 0 radical (unpaired) electrons. The van der Waals surface area contributed by atoms with Crippen molar-refractivity contribution in [3.63, 3.8) is 0 Å². The summed E-state index contributed by atoms with van der Waals surface area (Å²) < 4.78 is 0. The van der Waals surface area contributed by atoms with E-state index in [-0.39, 0.29) is 6.03 Å². The first-order valence-electron chi connectivity index (χ1n) is 6.89. The molecule has 2 aromatic carbocycles. The molecule has 0 saturated carbocycles. The Morgan fingerprint density at radius 2 is 1.95 bits per heavy atom. The van der Waals surface area contributed by atoms with Crippen LogP contribution in [0.2, 0.25) is 0 Å². The molecule has 0 atom stereocenters. The van der Waals surface area contributed by atoms with E-state index >= 15 is 0 Å². The third kappa shape index (κ3) is 2.87. The van der Waals surface area contributed by atoms with Crippen LogP contribution in [0.25, 0.3) is 0 Å². The number of hydrogen-bond donors (Lipinski definition) is 1. The summed E-state index contributed by atoms with van der Waals surface area (Å²) in [6, 6.07) is 17.1. The molecule has 0 unspecified atom stereocenters. The maximum Gasteiger partial charge on any atom is 0.322 e. The monoisotopic (exact) mass is 277 g/mol. The first-order chi connectivity index (χ1) is 10.3. The number of urea groups is 1. The minimum absolute atomic E-state index is 0.125. The average molecular weight is 277 g/mol. The predicted octanol–water partition coefficient (Wildman–Crippen LogP) is 3.15. The molecule has 1 aliphatic heterocycles. The Bertz CT molecular complexity index is 718. The van der Waals surface area contributed by atoms with Gasteiger partial charge in [-0.15, -0.1) is 0 Å². The van der Waals surface area contributed by atoms with E-state index in [0.29, 0.717) is 24.3 Å². The van der Waals surface area contributed by atoms with Crippen molar-refractivity contribution in [2.75, 3.05) is 11.9 Å². The summed E-state index contributed by atoms with van der Waals surface area (Å²) in [6.45, 7) is 1.33. The largest absolute Gasteiger partial charge is 0.322 e. The number of nitrogens with zero attached hydrogens (tertiary/aromatic N) is 2. The van der Waals surface area contributed by atoms with Crippen molar-refractivity contribution in [2.45, 2.75) is 13.0 Å². The summed E-state index contributed by atoms with van der Waals surface area (Å²) in [5.74, 6) is 0. The van der Waals surface area contributed by atoms with E-state index in [9.17, 15) is 4.79 Å². The molecule has 4 nitrogen and oxygen atoms in total. The summed E-state index contributed by atoms with van der Waals surface area (Å²) in [5, 5.41) is 11.7. The van der Waals surface area contributed by atoms with E-state index in [1.807, 2.05) is 12.1 Å². The smallest absolute Gasteiger partial charge is 0.320 e. The third-order valence-corrected chi connectivity index (χ3v) is 3.66. The van der Waals surface area contributed by atoms with Crippen LogP contribution in [0, 0.1) is 11.3 Å². The maximum absolute atomic E-state index is 12.3. The molecule has 104 valence electrons. The van der Waals surface area contributed by atoms with Crippen molar-refractivity contribution >= 4 is 11.7 Å². The van der Waals surface area contributed by atoms with E-state index < -0.39 is 0 Å². The molecule has 0 saturated heterocycles. The minimum atomic E-state index is -0.125. The molecule has 0 bridgehead atoms. The second-order valence-corrected chi connectivity index (χ2v) is 5.06. The lowest BCUT2D eigenvalue weighted by molar-refractivity contribution is 0.206. The Morgan fingerprint density at radius 1 is 1.14 bits per heavy atom. The van der Waals surface area contributed by atoms with Crippen molar-refractivity contribution in [3.05, 3.63) is 65.2 Å². The van der Waals surface area contributed by atoms with Crippen LogP contribution in [-0.2, 0) is 13.0 Å². The number of carbonyl (C=O) groups is 1. The molecule has 3 rings (SSSR count). The fourth-order valence-electron chi connectivity index (χ4n) is 2.54.